The van der Waals surface area contributed by atoms with Crippen LogP contribution in [-0.4, -0.2) is 23.8 Å². The fourth-order valence-electron chi connectivity index (χ4n) is 1.85. The molecule has 1 N–H and O–H groups in total. The van der Waals surface area contributed by atoms with E-state index in [1.807, 2.05) is 0 Å². The average molecular weight is 210 g/mol. The van der Waals surface area contributed by atoms with Gasteiger partial charge in [0.1, 0.15) is 6.10 Å². The summed E-state index contributed by atoms with van der Waals surface area (Å²) in [6, 6.07) is 0. The lowest BCUT2D eigenvalue weighted by Gasteiger charge is -2.23. The van der Waals surface area contributed by atoms with E-state index in [2.05, 4.69) is 16.6 Å². The molecule has 3 heteroatoms. The van der Waals surface area contributed by atoms with Gasteiger partial charge in [0.05, 0.1) is 0 Å². The van der Waals surface area contributed by atoms with Gasteiger partial charge < -0.3 is 9.84 Å². The maximum atomic E-state index is 10.4. The van der Waals surface area contributed by atoms with E-state index in [4.69, 9.17) is 0 Å². The van der Waals surface area contributed by atoms with Gasteiger partial charge in [-0.05, 0) is 18.8 Å². The molecule has 1 aliphatic rings. The topological polar surface area (TPSA) is 46.5 Å². The first kappa shape index (κ1) is 12.1. The monoisotopic (exact) mass is 210 g/mol. The van der Waals surface area contributed by atoms with Crippen LogP contribution in [0.2, 0.25) is 0 Å². The van der Waals surface area contributed by atoms with Gasteiger partial charge in [0.15, 0.2) is 6.61 Å². The first-order valence-electron chi connectivity index (χ1n) is 5.50. The molecule has 3 nitrogen and oxygen atoms in total. The number of carbonyl (C=O) groups excluding carboxylic acids is 1. The highest BCUT2D eigenvalue weighted by Crippen LogP contribution is 2.25. The lowest BCUT2D eigenvalue weighted by molar-refractivity contribution is -0.139. The zero-order valence-corrected chi connectivity index (χ0v) is 9.16. The van der Waals surface area contributed by atoms with Gasteiger partial charge in [-0.25, -0.2) is 0 Å². The lowest BCUT2D eigenvalue weighted by Crippen LogP contribution is -2.21. The average Bonchev–Trinajstić information content (AvgIpc) is 2.25. The standard InChI is InChI=1S/C12H18O3/c1-10(13)15-9-5-8-12(14)11-6-3-2-4-7-11/h11-12,14H,2-4,6-7,9H2,1H3. The summed E-state index contributed by atoms with van der Waals surface area (Å²) in [6.07, 6.45) is 5.21. The van der Waals surface area contributed by atoms with E-state index in [-0.39, 0.29) is 12.6 Å². The summed E-state index contributed by atoms with van der Waals surface area (Å²) in [5.41, 5.74) is 0. The molecule has 1 aliphatic carbocycles. The van der Waals surface area contributed by atoms with E-state index < -0.39 is 6.10 Å². The Morgan fingerprint density at radius 3 is 2.73 bits per heavy atom. The van der Waals surface area contributed by atoms with Crippen LogP contribution < -0.4 is 0 Å². The van der Waals surface area contributed by atoms with Gasteiger partial charge >= 0.3 is 5.97 Å². The lowest BCUT2D eigenvalue weighted by atomic mass is 9.85. The summed E-state index contributed by atoms with van der Waals surface area (Å²) in [5, 5.41) is 9.73. The van der Waals surface area contributed by atoms with Crippen LogP contribution in [0.5, 0.6) is 0 Å². The molecule has 1 unspecified atom stereocenters. The van der Waals surface area contributed by atoms with Crippen molar-refractivity contribution in [1.82, 2.24) is 0 Å². The molecule has 0 amide bonds. The molecule has 0 bridgehead atoms. The number of ether oxygens (including phenoxy) is 1. The van der Waals surface area contributed by atoms with Crippen molar-refractivity contribution in [1.29, 1.82) is 0 Å². The molecule has 0 aliphatic heterocycles. The Hall–Kier alpha value is -1.01. The Bertz CT molecular complexity index is 256. The van der Waals surface area contributed by atoms with Crippen molar-refractivity contribution in [2.24, 2.45) is 5.92 Å². The molecular formula is C12H18O3. The van der Waals surface area contributed by atoms with Crippen LogP contribution in [0.1, 0.15) is 39.0 Å². The molecule has 1 atom stereocenters. The molecule has 0 radical (unpaired) electrons. The largest absolute Gasteiger partial charge is 0.453 e. The van der Waals surface area contributed by atoms with Crippen molar-refractivity contribution >= 4 is 5.97 Å². The number of hydrogen-bond acceptors (Lipinski definition) is 3. The minimum atomic E-state index is -0.555. The fourth-order valence-corrected chi connectivity index (χ4v) is 1.85. The summed E-state index contributed by atoms with van der Waals surface area (Å²) in [5.74, 6) is 5.38. The number of aliphatic hydroxyl groups excluding tert-OH is 1. The minimum Gasteiger partial charge on any atom is -0.453 e. The molecule has 0 heterocycles. The number of aliphatic hydroxyl groups is 1. The van der Waals surface area contributed by atoms with Gasteiger partial charge in [-0.2, -0.15) is 0 Å². The Labute approximate surface area is 90.8 Å². The van der Waals surface area contributed by atoms with Crippen molar-refractivity contribution < 1.29 is 14.6 Å². The van der Waals surface area contributed by atoms with Gasteiger partial charge in [0.2, 0.25) is 0 Å². The number of esters is 1. The summed E-state index contributed by atoms with van der Waals surface area (Å²) < 4.78 is 4.66. The molecule has 1 saturated carbocycles. The highest BCUT2D eigenvalue weighted by Gasteiger charge is 2.19. The first-order chi connectivity index (χ1) is 7.20. The van der Waals surface area contributed by atoms with Crippen molar-refractivity contribution in [3.8, 4) is 11.8 Å². The van der Waals surface area contributed by atoms with E-state index >= 15 is 0 Å². The van der Waals surface area contributed by atoms with E-state index in [1.165, 1.54) is 26.2 Å². The van der Waals surface area contributed by atoms with Gasteiger partial charge in [0, 0.05) is 6.92 Å². The molecule has 84 valence electrons. The third-order valence-electron chi connectivity index (χ3n) is 2.69. The molecule has 15 heavy (non-hydrogen) atoms. The summed E-state index contributed by atoms with van der Waals surface area (Å²) in [7, 11) is 0. The maximum Gasteiger partial charge on any atom is 0.303 e. The fraction of sp³-hybridized carbons (Fsp3) is 0.750. The quantitative estimate of drug-likeness (QED) is 0.555. The van der Waals surface area contributed by atoms with Crippen LogP contribution in [0.3, 0.4) is 0 Å². The normalized spacial score (nSPS) is 18.8. The predicted molar refractivity (Wildman–Crippen MR) is 57.0 cm³/mol. The van der Waals surface area contributed by atoms with E-state index in [9.17, 15) is 9.90 Å². The second-order valence-electron chi connectivity index (χ2n) is 3.94. The van der Waals surface area contributed by atoms with Gasteiger partial charge in [-0.1, -0.05) is 31.1 Å². The number of carbonyl (C=O) groups is 1. The molecule has 0 spiro atoms. The predicted octanol–water partition coefficient (Wildman–Crippen LogP) is 1.49. The van der Waals surface area contributed by atoms with E-state index in [0.29, 0.717) is 5.92 Å². The molecule has 0 aromatic heterocycles. The van der Waals surface area contributed by atoms with Crippen LogP contribution in [0.25, 0.3) is 0 Å². The second kappa shape index (κ2) is 6.47. The highest BCUT2D eigenvalue weighted by atomic mass is 16.5. The molecular weight excluding hydrogens is 192 g/mol. The minimum absolute atomic E-state index is 0.0825. The van der Waals surface area contributed by atoms with Crippen LogP contribution in [0.15, 0.2) is 0 Å². The third-order valence-corrected chi connectivity index (χ3v) is 2.69. The van der Waals surface area contributed by atoms with Gasteiger partial charge in [-0.3, -0.25) is 4.79 Å². The Morgan fingerprint density at radius 2 is 2.13 bits per heavy atom. The van der Waals surface area contributed by atoms with Crippen LogP contribution in [0.4, 0.5) is 0 Å². The van der Waals surface area contributed by atoms with Crippen LogP contribution >= 0.6 is 0 Å². The molecule has 0 aromatic carbocycles. The summed E-state index contributed by atoms with van der Waals surface area (Å²) in [4.78, 5) is 10.4. The van der Waals surface area contributed by atoms with Crippen molar-refractivity contribution in [3.05, 3.63) is 0 Å². The van der Waals surface area contributed by atoms with Crippen molar-refractivity contribution in [2.75, 3.05) is 6.61 Å². The Kier molecular flexibility index (Phi) is 5.20. The van der Waals surface area contributed by atoms with Crippen molar-refractivity contribution in [3.63, 3.8) is 0 Å². The molecule has 1 fully saturated rings. The number of hydrogen-bond donors (Lipinski definition) is 1. The second-order valence-corrected chi connectivity index (χ2v) is 3.94. The zero-order chi connectivity index (χ0) is 11.1. The van der Waals surface area contributed by atoms with E-state index in [1.54, 1.807) is 0 Å². The summed E-state index contributed by atoms with van der Waals surface area (Å²) in [6.45, 7) is 1.43. The van der Waals surface area contributed by atoms with Gasteiger partial charge in [-0.15, -0.1) is 0 Å². The third kappa shape index (κ3) is 4.85. The Balaban J connectivity index is 2.26. The van der Waals surface area contributed by atoms with E-state index in [0.717, 1.165) is 12.8 Å². The maximum absolute atomic E-state index is 10.4. The molecule has 0 aromatic rings. The zero-order valence-electron chi connectivity index (χ0n) is 9.16. The molecule has 1 rings (SSSR count). The number of rotatable bonds is 2. The van der Waals surface area contributed by atoms with Crippen LogP contribution in [-0.2, 0) is 9.53 Å². The Morgan fingerprint density at radius 1 is 1.47 bits per heavy atom. The first-order valence-corrected chi connectivity index (χ1v) is 5.50. The van der Waals surface area contributed by atoms with Crippen molar-refractivity contribution in [2.45, 2.75) is 45.1 Å². The highest BCUT2D eigenvalue weighted by molar-refractivity contribution is 5.66. The van der Waals surface area contributed by atoms with Gasteiger partial charge in [0.25, 0.3) is 0 Å². The summed E-state index contributed by atoms with van der Waals surface area (Å²) >= 11 is 0. The molecule has 0 saturated heterocycles. The SMILES string of the molecule is CC(=O)OCC#CC(O)C1CCCCC1. The van der Waals surface area contributed by atoms with Crippen LogP contribution in [0, 0.1) is 17.8 Å². The smallest absolute Gasteiger partial charge is 0.303 e.